The summed E-state index contributed by atoms with van der Waals surface area (Å²) in [6.45, 7) is 5.25. The minimum atomic E-state index is -1.21. The Morgan fingerprint density at radius 3 is 2.20 bits per heavy atom. The summed E-state index contributed by atoms with van der Waals surface area (Å²) >= 11 is 0. The van der Waals surface area contributed by atoms with Crippen molar-refractivity contribution in [2.45, 2.75) is 39.3 Å². The number of nitrogens with one attached hydrogen (secondary N) is 1. The van der Waals surface area contributed by atoms with E-state index in [1.165, 1.54) is 6.92 Å². The molecule has 0 saturated heterocycles. The van der Waals surface area contributed by atoms with Crippen molar-refractivity contribution in [2.24, 2.45) is 11.3 Å². The van der Waals surface area contributed by atoms with Crippen molar-refractivity contribution in [1.29, 1.82) is 0 Å². The molecule has 0 heterocycles. The van der Waals surface area contributed by atoms with Gasteiger partial charge in [0.1, 0.15) is 0 Å². The SMILES string of the molecule is CC(O)C(NC(=O)C1CC1(C)C)C(=O)O. The summed E-state index contributed by atoms with van der Waals surface area (Å²) in [5.41, 5.74) is -0.0359. The number of aliphatic hydroxyl groups excluding tert-OH is 1. The Balaban J connectivity index is 2.53. The van der Waals surface area contributed by atoms with Crippen LogP contribution in [-0.4, -0.2) is 34.2 Å². The molecule has 1 amide bonds. The molecule has 1 saturated carbocycles. The zero-order valence-electron chi connectivity index (χ0n) is 9.15. The largest absolute Gasteiger partial charge is 0.480 e. The van der Waals surface area contributed by atoms with Crippen molar-refractivity contribution >= 4 is 11.9 Å². The highest BCUT2D eigenvalue weighted by Crippen LogP contribution is 2.51. The van der Waals surface area contributed by atoms with E-state index in [-0.39, 0.29) is 17.2 Å². The summed E-state index contributed by atoms with van der Waals surface area (Å²) < 4.78 is 0. The highest BCUT2D eigenvalue weighted by Gasteiger charge is 2.51. The van der Waals surface area contributed by atoms with Gasteiger partial charge in [-0.3, -0.25) is 4.79 Å². The van der Waals surface area contributed by atoms with Crippen LogP contribution in [0.5, 0.6) is 0 Å². The predicted molar refractivity (Wildman–Crippen MR) is 53.1 cm³/mol. The third-order valence-electron chi connectivity index (χ3n) is 2.88. The maximum Gasteiger partial charge on any atom is 0.328 e. The van der Waals surface area contributed by atoms with Crippen LogP contribution in [0.25, 0.3) is 0 Å². The Kier molecular flexibility index (Phi) is 3.04. The molecule has 5 heteroatoms. The molecule has 0 aromatic heterocycles. The van der Waals surface area contributed by atoms with Crippen LogP contribution in [0, 0.1) is 11.3 Å². The van der Waals surface area contributed by atoms with Crippen molar-refractivity contribution in [1.82, 2.24) is 5.32 Å². The molecular weight excluding hydrogens is 198 g/mol. The third-order valence-corrected chi connectivity index (χ3v) is 2.88. The Morgan fingerprint density at radius 1 is 1.47 bits per heavy atom. The van der Waals surface area contributed by atoms with Crippen LogP contribution in [0.2, 0.25) is 0 Å². The summed E-state index contributed by atoms with van der Waals surface area (Å²) in [4.78, 5) is 22.3. The van der Waals surface area contributed by atoms with Gasteiger partial charge in [-0.25, -0.2) is 4.79 Å². The summed E-state index contributed by atoms with van der Waals surface area (Å²) in [5, 5.41) is 20.3. The molecule has 86 valence electrons. The minimum Gasteiger partial charge on any atom is -0.480 e. The molecule has 1 aliphatic carbocycles. The lowest BCUT2D eigenvalue weighted by Gasteiger charge is -2.17. The average Bonchev–Trinajstić information content (AvgIpc) is 2.69. The van der Waals surface area contributed by atoms with E-state index in [2.05, 4.69) is 5.32 Å². The lowest BCUT2D eigenvalue weighted by atomic mass is 10.1. The molecule has 1 fully saturated rings. The Labute approximate surface area is 88.5 Å². The smallest absolute Gasteiger partial charge is 0.328 e. The Morgan fingerprint density at radius 2 is 1.93 bits per heavy atom. The van der Waals surface area contributed by atoms with Gasteiger partial charge in [-0.15, -0.1) is 0 Å². The molecule has 1 rings (SSSR count). The second kappa shape index (κ2) is 3.81. The quantitative estimate of drug-likeness (QED) is 0.615. The van der Waals surface area contributed by atoms with E-state index in [1.54, 1.807) is 0 Å². The van der Waals surface area contributed by atoms with Crippen molar-refractivity contribution in [3.63, 3.8) is 0 Å². The number of aliphatic hydroxyl groups is 1. The number of carbonyl (C=O) groups excluding carboxylic acids is 1. The zero-order chi connectivity index (χ0) is 11.8. The second-order valence-electron chi connectivity index (χ2n) is 4.81. The molecule has 3 unspecified atom stereocenters. The molecule has 0 bridgehead atoms. The fourth-order valence-corrected chi connectivity index (χ4v) is 1.56. The van der Waals surface area contributed by atoms with Crippen LogP contribution in [0.3, 0.4) is 0 Å². The van der Waals surface area contributed by atoms with Crippen LogP contribution in [0.15, 0.2) is 0 Å². The lowest BCUT2D eigenvalue weighted by molar-refractivity contribution is -0.145. The van der Waals surface area contributed by atoms with Crippen molar-refractivity contribution in [3.05, 3.63) is 0 Å². The van der Waals surface area contributed by atoms with Crippen molar-refractivity contribution < 1.29 is 19.8 Å². The van der Waals surface area contributed by atoms with E-state index < -0.39 is 18.1 Å². The van der Waals surface area contributed by atoms with Crippen LogP contribution in [0.1, 0.15) is 27.2 Å². The summed E-state index contributed by atoms with van der Waals surface area (Å²) in [5.74, 6) is -1.62. The summed E-state index contributed by atoms with van der Waals surface area (Å²) in [6.07, 6.45) is -0.321. The predicted octanol–water partition coefficient (Wildman–Crippen LogP) is -0.0173. The number of carboxylic acids is 1. The van der Waals surface area contributed by atoms with Gasteiger partial charge >= 0.3 is 5.97 Å². The first kappa shape index (κ1) is 12.0. The summed E-state index contributed by atoms with van der Waals surface area (Å²) in [6, 6.07) is -1.21. The molecule has 5 nitrogen and oxygen atoms in total. The van der Waals surface area contributed by atoms with Crippen LogP contribution in [-0.2, 0) is 9.59 Å². The molecule has 1 aliphatic rings. The zero-order valence-corrected chi connectivity index (χ0v) is 9.15. The topological polar surface area (TPSA) is 86.6 Å². The Hall–Kier alpha value is -1.10. The first-order valence-corrected chi connectivity index (χ1v) is 4.97. The lowest BCUT2D eigenvalue weighted by Crippen LogP contribution is -2.48. The van der Waals surface area contributed by atoms with Gasteiger partial charge in [0.2, 0.25) is 5.91 Å². The molecule has 3 atom stereocenters. The first-order valence-electron chi connectivity index (χ1n) is 4.97. The van der Waals surface area contributed by atoms with E-state index >= 15 is 0 Å². The number of hydrogen-bond donors (Lipinski definition) is 3. The number of rotatable bonds is 4. The molecule has 0 aromatic carbocycles. The second-order valence-corrected chi connectivity index (χ2v) is 4.81. The molecule has 0 aliphatic heterocycles. The van der Waals surface area contributed by atoms with Gasteiger partial charge in [0.25, 0.3) is 0 Å². The van der Waals surface area contributed by atoms with Crippen LogP contribution in [0.4, 0.5) is 0 Å². The van der Waals surface area contributed by atoms with Gasteiger partial charge < -0.3 is 15.5 Å². The standard InChI is InChI=1S/C10H17NO4/c1-5(12)7(9(14)15)11-8(13)6-4-10(6,2)3/h5-7,12H,4H2,1-3H3,(H,11,13)(H,14,15). The molecule has 3 N–H and O–H groups in total. The van der Waals surface area contributed by atoms with Gasteiger partial charge in [0.05, 0.1) is 6.10 Å². The maximum absolute atomic E-state index is 11.6. The minimum absolute atomic E-state index is 0.0359. The van der Waals surface area contributed by atoms with Crippen LogP contribution >= 0.6 is 0 Å². The number of amides is 1. The molecule has 0 radical (unpaired) electrons. The molecule has 0 aromatic rings. The van der Waals surface area contributed by atoms with E-state index in [0.29, 0.717) is 0 Å². The van der Waals surface area contributed by atoms with E-state index in [0.717, 1.165) is 6.42 Å². The number of aliphatic carboxylic acids is 1. The highest BCUT2D eigenvalue weighted by molar-refractivity contribution is 5.87. The van der Waals surface area contributed by atoms with Gasteiger partial charge in [0.15, 0.2) is 6.04 Å². The Bertz CT molecular complexity index is 285. The van der Waals surface area contributed by atoms with E-state index in [1.807, 2.05) is 13.8 Å². The monoisotopic (exact) mass is 215 g/mol. The number of carboxylic acid groups (broad SMARTS) is 1. The van der Waals surface area contributed by atoms with Gasteiger partial charge in [0, 0.05) is 5.92 Å². The number of hydrogen-bond acceptors (Lipinski definition) is 3. The van der Waals surface area contributed by atoms with Crippen molar-refractivity contribution in [2.75, 3.05) is 0 Å². The fraction of sp³-hybridized carbons (Fsp3) is 0.800. The first-order chi connectivity index (χ1) is 6.75. The van der Waals surface area contributed by atoms with E-state index in [4.69, 9.17) is 10.2 Å². The molecule has 0 spiro atoms. The number of carbonyl (C=O) groups is 2. The van der Waals surface area contributed by atoms with E-state index in [9.17, 15) is 9.59 Å². The van der Waals surface area contributed by atoms with Crippen LogP contribution < -0.4 is 5.32 Å². The normalized spacial score (nSPS) is 26.5. The van der Waals surface area contributed by atoms with Gasteiger partial charge in [-0.2, -0.15) is 0 Å². The van der Waals surface area contributed by atoms with Crippen molar-refractivity contribution in [3.8, 4) is 0 Å². The maximum atomic E-state index is 11.6. The van der Waals surface area contributed by atoms with Gasteiger partial charge in [-0.05, 0) is 18.8 Å². The highest BCUT2D eigenvalue weighted by atomic mass is 16.4. The molecule has 15 heavy (non-hydrogen) atoms. The summed E-state index contributed by atoms with van der Waals surface area (Å²) in [7, 11) is 0. The average molecular weight is 215 g/mol. The molecular formula is C10H17NO4. The fourth-order valence-electron chi connectivity index (χ4n) is 1.56. The third kappa shape index (κ3) is 2.68. The van der Waals surface area contributed by atoms with Gasteiger partial charge in [-0.1, -0.05) is 13.8 Å².